The van der Waals surface area contributed by atoms with Crippen LogP contribution in [0.1, 0.15) is 24.0 Å². The molecule has 1 amide bonds. The van der Waals surface area contributed by atoms with Crippen LogP contribution in [0.2, 0.25) is 0 Å². The lowest BCUT2D eigenvalue weighted by Gasteiger charge is -2.13. The highest BCUT2D eigenvalue weighted by Crippen LogP contribution is 2.14. The van der Waals surface area contributed by atoms with Gasteiger partial charge in [0.05, 0.1) is 29.1 Å². The van der Waals surface area contributed by atoms with E-state index in [2.05, 4.69) is 10.3 Å². The molecular formula is C11H18N2O2S2. The van der Waals surface area contributed by atoms with Gasteiger partial charge in [0, 0.05) is 11.1 Å². The standard InChI is InChI=1S/C11H18N2O2S2/c1-3-9(4-14)13-11(15)7-16-5-10-6-17-8(2)12-10/h6,9,14H,3-5,7H2,1-2H3,(H,13,15)/t9-/m0/s1. The first-order valence-corrected chi connectivity index (χ1v) is 7.58. The van der Waals surface area contributed by atoms with E-state index >= 15 is 0 Å². The summed E-state index contributed by atoms with van der Waals surface area (Å²) in [5.41, 5.74) is 1.03. The number of aliphatic hydroxyl groups excluding tert-OH is 1. The van der Waals surface area contributed by atoms with E-state index in [1.165, 1.54) is 0 Å². The molecule has 0 saturated heterocycles. The van der Waals surface area contributed by atoms with Crippen molar-refractivity contribution in [3.63, 3.8) is 0 Å². The minimum Gasteiger partial charge on any atom is -0.394 e. The molecule has 6 heteroatoms. The number of hydrogen-bond donors (Lipinski definition) is 2. The van der Waals surface area contributed by atoms with Crippen LogP contribution >= 0.6 is 23.1 Å². The summed E-state index contributed by atoms with van der Waals surface area (Å²) in [5.74, 6) is 1.14. The topological polar surface area (TPSA) is 62.2 Å². The van der Waals surface area contributed by atoms with Crippen molar-refractivity contribution in [2.45, 2.75) is 32.1 Å². The zero-order chi connectivity index (χ0) is 12.7. The number of thioether (sulfide) groups is 1. The molecule has 0 saturated carbocycles. The fourth-order valence-corrected chi connectivity index (χ4v) is 2.71. The lowest BCUT2D eigenvalue weighted by Crippen LogP contribution is -2.37. The van der Waals surface area contributed by atoms with E-state index in [1.54, 1.807) is 23.1 Å². The summed E-state index contributed by atoms with van der Waals surface area (Å²) in [6.45, 7) is 3.91. The zero-order valence-electron chi connectivity index (χ0n) is 10.1. The highest BCUT2D eigenvalue weighted by molar-refractivity contribution is 7.99. The van der Waals surface area contributed by atoms with E-state index in [0.29, 0.717) is 5.75 Å². The molecule has 0 radical (unpaired) electrons. The molecule has 0 bridgehead atoms. The third kappa shape index (κ3) is 5.52. The van der Waals surface area contributed by atoms with Gasteiger partial charge < -0.3 is 10.4 Å². The van der Waals surface area contributed by atoms with Crippen molar-refractivity contribution in [3.8, 4) is 0 Å². The van der Waals surface area contributed by atoms with Crippen LogP contribution in [0.3, 0.4) is 0 Å². The molecule has 1 rings (SSSR count). The Hall–Kier alpha value is -0.590. The Bertz CT molecular complexity index is 351. The maximum atomic E-state index is 11.5. The van der Waals surface area contributed by atoms with Crippen molar-refractivity contribution in [1.82, 2.24) is 10.3 Å². The molecule has 1 atom stereocenters. The van der Waals surface area contributed by atoms with Gasteiger partial charge in [-0.25, -0.2) is 4.98 Å². The summed E-state index contributed by atoms with van der Waals surface area (Å²) in [7, 11) is 0. The van der Waals surface area contributed by atoms with E-state index in [1.807, 2.05) is 19.2 Å². The zero-order valence-corrected chi connectivity index (χ0v) is 11.7. The van der Waals surface area contributed by atoms with Gasteiger partial charge in [0.2, 0.25) is 5.91 Å². The van der Waals surface area contributed by atoms with Crippen LogP contribution in [-0.2, 0) is 10.5 Å². The molecule has 2 N–H and O–H groups in total. The van der Waals surface area contributed by atoms with E-state index in [-0.39, 0.29) is 18.6 Å². The van der Waals surface area contributed by atoms with Gasteiger partial charge in [0.25, 0.3) is 0 Å². The average molecular weight is 274 g/mol. The molecule has 1 aromatic rings. The van der Waals surface area contributed by atoms with Gasteiger partial charge in [-0.15, -0.1) is 23.1 Å². The Labute approximate surface area is 110 Å². The van der Waals surface area contributed by atoms with E-state index in [4.69, 9.17) is 5.11 Å². The molecule has 0 aromatic carbocycles. The van der Waals surface area contributed by atoms with Crippen molar-refractivity contribution in [2.75, 3.05) is 12.4 Å². The number of hydrogen-bond acceptors (Lipinski definition) is 5. The van der Waals surface area contributed by atoms with Gasteiger partial charge in [-0.05, 0) is 13.3 Å². The number of thiazole rings is 1. The van der Waals surface area contributed by atoms with Gasteiger partial charge in [-0.1, -0.05) is 6.92 Å². The SMILES string of the molecule is CC[C@@H](CO)NC(=O)CSCc1csc(C)n1. The van der Waals surface area contributed by atoms with E-state index in [9.17, 15) is 4.79 Å². The fourth-order valence-electron chi connectivity index (χ4n) is 1.27. The predicted molar refractivity (Wildman–Crippen MR) is 72.3 cm³/mol. The number of rotatable bonds is 7. The van der Waals surface area contributed by atoms with Crippen LogP contribution < -0.4 is 5.32 Å². The van der Waals surface area contributed by atoms with Crippen LogP contribution in [0.15, 0.2) is 5.38 Å². The Balaban J connectivity index is 2.20. The second-order valence-corrected chi connectivity index (χ2v) is 5.75. The number of carbonyl (C=O) groups excluding carboxylic acids is 1. The second kappa shape index (κ2) is 7.68. The largest absolute Gasteiger partial charge is 0.394 e. The highest BCUT2D eigenvalue weighted by atomic mass is 32.2. The van der Waals surface area contributed by atoms with Crippen molar-refractivity contribution in [2.24, 2.45) is 0 Å². The van der Waals surface area contributed by atoms with Gasteiger partial charge in [0.15, 0.2) is 0 Å². The van der Waals surface area contributed by atoms with Crippen molar-refractivity contribution < 1.29 is 9.90 Å². The summed E-state index contributed by atoms with van der Waals surface area (Å²) < 4.78 is 0. The van der Waals surface area contributed by atoms with Crippen LogP contribution in [0.25, 0.3) is 0 Å². The number of carbonyl (C=O) groups is 1. The van der Waals surface area contributed by atoms with Gasteiger partial charge >= 0.3 is 0 Å². The lowest BCUT2D eigenvalue weighted by atomic mass is 10.2. The summed E-state index contributed by atoms with van der Waals surface area (Å²) >= 11 is 3.16. The van der Waals surface area contributed by atoms with Crippen LogP contribution in [-0.4, -0.2) is 34.4 Å². The van der Waals surface area contributed by atoms with Gasteiger partial charge in [-0.3, -0.25) is 4.79 Å². The Morgan fingerprint density at radius 1 is 1.71 bits per heavy atom. The van der Waals surface area contributed by atoms with Crippen LogP contribution in [0, 0.1) is 6.92 Å². The minimum atomic E-state index is -0.121. The van der Waals surface area contributed by atoms with Crippen LogP contribution in [0.5, 0.6) is 0 Å². The van der Waals surface area contributed by atoms with E-state index < -0.39 is 0 Å². The first-order valence-electron chi connectivity index (χ1n) is 5.54. The Kier molecular flexibility index (Phi) is 6.54. The number of aliphatic hydroxyl groups is 1. The molecule has 17 heavy (non-hydrogen) atoms. The first-order chi connectivity index (χ1) is 8.15. The van der Waals surface area contributed by atoms with Crippen molar-refractivity contribution in [3.05, 3.63) is 16.1 Å². The third-order valence-corrected chi connectivity index (χ3v) is 4.02. The molecule has 0 aliphatic rings. The number of nitrogens with one attached hydrogen (secondary N) is 1. The molecule has 0 fully saturated rings. The Morgan fingerprint density at radius 2 is 2.47 bits per heavy atom. The maximum Gasteiger partial charge on any atom is 0.230 e. The molecule has 0 aliphatic carbocycles. The molecular weight excluding hydrogens is 256 g/mol. The highest BCUT2D eigenvalue weighted by Gasteiger charge is 2.09. The number of amides is 1. The molecule has 96 valence electrons. The smallest absolute Gasteiger partial charge is 0.230 e. The third-order valence-electron chi connectivity index (χ3n) is 2.23. The lowest BCUT2D eigenvalue weighted by molar-refractivity contribution is -0.119. The van der Waals surface area contributed by atoms with Crippen molar-refractivity contribution >= 4 is 29.0 Å². The molecule has 4 nitrogen and oxygen atoms in total. The summed E-state index contributed by atoms with van der Waals surface area (Å²) in [6, 6.07) is -0.121. The quantitative estimate of drug-likeness (QED) is 0.792. The van der Waals surface area contributed by atoms with Gasteiger partial charge in [-0.2, -0.15) is 0 Å². The molecule has 1 heterocycles. The fraction of sp³-hybridized carbons (Fsp3) is 0.636. The molecule has 1 aromatic heterocycles. The summed E-state index contributed by atoms with van der Waals surface area (Å²) in [4.78, 5) is 15.8. The first kappa shape index (κ1) is 14.5. The number of nitrogens with zero attached hydrogens (tertiary/aromatic N) is 1. The number of aromatic nitrogens is 1. The minimum absolute atomic E-state index is 0.00180. The molecule has 0 spiro atoms. The Morgan fingerprint density at radius 3 is 3.00 bits per heavy atom. The van der Waals surface area contributed by atoms with Crippen molar-refractivity contribution in [1.29, 1.82) is 0 Å². The second-order valence-electron chi connectivity index (χ2n) is 3.71. The monoisotopic (exact) mass is 274 g/mol. The van der Waals surface area contributed by atoms with E-state index in [0.717, 1.165) is 22.9 Å². The molecule has 0 unspecified atom stereocenters. The summed E-state index contributed by atoms with van der Waals surface area (Å²) in [6.07, 6.45) is 0.748. The average Bonchev–Trinajstić information content (AvgIpc) is 2.72. The maximum absolute atomic E-state index is 11.5. The predicted octanol–water partition coefficient (Wildman–Crippen LogP) is 1.57. The summed E-state index contributed by atoms with van der Waals surface area (Å²) in [5, 5.41) is 14.8. The number of aryl methyl sites for hydroxylation is 1. The van der Waals surface area contributed by atoms with Gasteiger partial charge in [0.1, 0.15) is 0 Å². The van der Waals surface area contributed by atoms with Crippen LogP contribution in [0.4, 0.5) is 0 Å². The normalized spacial score (nSPS) is 12.4. The molecule has 0 aliphatic heterocycles.